The molecule has 0 radical (unpaired) electrons. The summed E-state index contributed by atoms with van der Waals surface area (Å²) in [6, 6.07) is 0. The lowest BCUT2D eigenvalue weighted by Gasteiger charge is -2.12. The predicted molar refractivity (Wildman–Crippen MR) is 68.6 cm³/mol. The molecule has 1 fully saturated rings. The average Bonchev–Trinajstić information content (AvgIpc) is 3.19. The van der Waals surface area contributed by atoms with E-state index in [-0.39, 0.29) is 11.5 Å². The molecule has 0 bridgehead atoms. The van der Waals surface area contributed by atoms with Crippen LogP contribution in [0.2, 0.25) is 0 Å². The fraction of sp³-hybridized carbons (Fsp3) is 0.636. The first kappa shape index (κ1) is 12.5. The van der Waals surface area contributed by atoms with Crippen LogP contribution in [-0.2, 0) is 0 Å². The third-order valence-electron chi connectivity index (χ3n) is 3.21. The zero-order chi connectivity index (χ0) is 13.1. The number of nitro groups is 1. The Hall–Kier alpha value is -1.92. The van der Waals surface area contributed by atoms with Crippen molar-refractivity contribution in [2.75, 3.05) is 24.2 Å². The second kappa shape index (κ2) is 5.16. The first-order valence-electron chi connectivity index (χ1n) is 6.05. The summed E-state index contributed by atoms with van der Waals surface area (Å²) >= 11 is 0. The van der Waals surface area contributed by atoms with E-state index < -0.39 is 4.92 Å². The average molecular weight is 251 g/mol. The van der Waals surface area contributed by atoms with Crippen LogP contribution in [0.25, 0.3) is 0 Å². The van der Waals surface area contributed by atoms with E-state index >= 15 is 0 Å². The molecule has 1 aromatic heterocycles. The van der Waals surface area contributed by atoms with Gasteiger partial charge in [-0.05, 0) is 24.7 Å². The van der Waals surface area contributed by atoms with Crippen molar-refractivity contribution in [1.29, 1.82) is 0 Å². The maximum absolute atomic E-state index is 10.9. The van der Waals surface area contributed by atoms with Crippen molar-refractivity contribution >= 4 is 17.5 Å². The Morgan fingerprint density at radius 1 is 1.61 bits per heavy atom. The first-order valence-corrected chi connectivity index (χ1v) is 6.05. The van der Waals surface area contributed by atoms with Crippen LogP contribution in [0, 0.1) is 22.0 Å². The molecule has 0 aromatic carbocycles. The van der Waals surface area contributed by atoms with Gasteiger partial charge in [-0.15, -0.1) is 0 Å². The standard InChI is InChI=1S/C11H17N5O2/c1-7(8-3-4-8)5-13-10-9(16(17)18)6-14-11(12-2)15-10/h6-8H,3-5H2,1-2H3,(H2,12,13,14,15). The Balaban J connectivity index is 2.09. The van der Waals surface area contributed by atoms with E-state index in [1.54, 1.807) is 7.05 Å². The van der Waals surface area contributed by atoms with Gasteiger partial charge in [0, 0.05) is 13.6 Å². The first-order chi connectivity index (χ1) is 8.61. The van der Waals surface area contributed by atoms with Crippen LogP contribution in [0.3, 0.4) is 0 Å². The monoisotopic (exact) mass is 251 g/mol. The lowest BCUT2D eigenvalue weighted by atomic mass is 10.1. The number of nitrogens with zero attached hydrogens (tertiary/aromatic N) is 3. The van der Waals surface area contributed by atoms with Crippen molar-refractivity contribution in [1.82, 2.24) is 9.97 Å². The van der Waals surface area contributed by atoms with Crippen LogP contribution in [0.1, 0.15) is 19.8 Å². The van der Waals surface area contributed by atoms with Crippen molar-refractivity contribution in [2.24, 2.45) is 11.8 Å². The third-order valence-corrected chi connectivity index (χ3v) is 3.21. The third kappa shape index (κ3) is 2.85. The molecule has 2 rings (SSSR count). The number of hydrogen-bond acceptors (Lipinski definition) is 6. The maximum Gasteiger partial charge on any atom is 0.329 e. The second-order valence-corrected chi connectivity index (χ2v) is 4.63. The minimum Gasteiger partial charge on any atom is -0.364 e. The molecule has 18 heavy (non-hydrogen) atoms. The van der Waals surface area contributed by atoms with E-state index in [1.165, 1.54) is 19.0 Å². The topological polar surface area (TPSA) is 93.0 Å². The summed E-state index contributed by atoms with van der Waals surface area (Å²) in [6.45, 7) is 2.85. The van der Waals surface area contributed by atoms with E-state index in [0.29, 0.717) is 18.4 Å². The molecule has 1 saturated carbocycles. The number of anilines is 2. The quantitative estimate of drug-likeness (QED) is 0.592. The van der Waals surface area contributed by atoms with Crippen LogP contribution in [0.4, 0.5) is 17.5 Å². The summed E-state index contributed by atoms with van der Waals surface area (Å²) in [5.74, 6) is 1.92. The normalized spacial score (nSPS) is 16.1. The van der Waals surface area contributed by atoms with Crippen molar-refractivity contribution < 1.29 is 4.92 Å². The maximum atomic E-state index is 10.9. The van der Waals surface area contributed by atoms with Gasteiger partial charge in [-0.1, -0.05) is 6.92 Å². The molecule has 1 atom stereocenters. The van der Waals surface area contributed by atoms with E-state index in [1.807, 2.05) is 0 Å². The van der Waals surface area contributed by atoms with Gasteiger partial charge in [0.2, 0.25) is 11.8 Å². The van der Waals surface area contributed by atoms with E-state index in [2.05, 4.69) is 27.5 Å². The molecule has 1 unspecified atom stereocenters. The van der Waals surface area contributed by atoms with Crippen LogP contribution < -0.4 is 10.6 Å². The Bertz CT molecular complexity index is 447. The molecule has 1 aromatic rings. The van der Waals surface area contributed by atoms with Gasteiger partial charge >= 0.3 is 5.69 Å². The summed E-state index contributed by atoms with van der Waals surface area (Å²) in [7, 11) is 1.68. The van der Waals surface area contributed by atoms with E-state index in [0.717, 1.165) is 5.92 Å². The molecule has 0 saturated heterocycles. The minimum absolute atomic E-state index is 0.0861. The van der Waals surface area contributed by atoms with Gasteiger partial charge in [-0.25, -0.2) is 4.98 Å². The molecule has 1 aliphatic carbocycles. The summed E-state index contributed by atoms with van der Waals surface area (Å²) in [5, 5.41) is 16.7. The van der Waals surface area contributed by atoms with E-state index in [9.17, 15) is 10.1 Å². The highest BCUT2D eigenvalue weighted by molar-refractivity contribution is 5.56. The fourth-order valence-corrected chi connectivity index (χ4v) is 1.85. The van der Waals surface area contributed by atoms with Gasteiger partial charge in [-0.3, -0.25) is 10.1 Å². The molecule has 0 spiro atoms. The molecule has 0 aliphatic heterocycles. The minimum atomic E-state index is -0.469. The van der Waals surface area contributed by atoms with Gasteiger partial charge in [0.25, 0.3) is 0 Å². The summed E-state index contributed by atoms with van der Waals surface area (Å²) in [6.07, 6.45) is 3.75. The second-order valence-electron chi connectivity index (χ2n) is 4.63. The Labute approximate surface area is 105 Å². The van der Waals surface area contributed by atoms with Crippen molar-refractivity contribution in [3.63, 3.8) is 0 Å². The highest BCUT2D eigenvalue weighted by Gasteiger charge is 2.28. The molecule has 1 heterocycles. The van der Waals surface area contributed by atoms with Crippen molar-refractivity contribution in [3.8, 4) is 0 Å². The van der Waals surface area contributed by atoms with Gasteiger partial charge in [0.1, 0.15) is 6.20 Å². The summed E-state index contributed by atoms with van der Waals surface area (Å²) in [4.78, 5) is 18.3. The van der Waals surface area contributed by atoms with Crippen molar-refractivity contribution in [3.05, 3.63) is 16.3 Å². The molecule has 98 valence electrons. The highest BCUT2D eigenvalue weighted by Crippen LogP contribution is 2.36. The summed E-state index contributed by atoms with van der Waals surface area (Å²) in [5.41, 5.74) is -0.0861. The highest BCUT2D eigenvalue weighted by atomic mass is 16.6. The molecular weight excluding hydrogens is 234 g/mol. The van der Waals surface area contributed by atoms with Gasteiger partial charge < -0.3 is 10.6 Å². The lowest BCUT2D eigenvalue weighted by Crippen LogP contribution is -2.15. The van der Waals surface area contributed by atoms with Gasteiger partial charge in [0.15, 0.2) is 0 Å². The van der Waals surface area contributed by atoms with Crippen LogP contribution in [0.15, 0.2) is 6.20 Å². The lowest BCUT2D eigenvalue weighted by molar-refractivity contribution is -0.384. The predicted octanol–water partition coefficient (Wildman–Crippen LogP) is 1.88. The molecule has 0 amide bonds. The largest absolute Gasteiger partial charge is 0.364 e. The molecule has 1 aliphatic rings. The zero-order valence-electron chi connectivity index (χ0n) is 10.5. The Morgan fingerprint density at radius 2 is 2.33 bits per heavy atom. The smallest absolute Gasteiger partial charge is 0.329 e. The Kier molecular flexibility index (Phi) is 3.59. The van der Waals surface area contributed by atoms with Crippen LogP contribution in [-0.4, -0.2) is 28.5 Å². The van der Waals surface area contributed by atoms with Crippen LogP contribution >= 0.6 is 0 Å². The number of hydrogen-bond donors (Lipinski definition) is 2. The van der Waals surface area contributed by atoms with Crippen LogP contribution in [0.5, 0.6) is 0 Å². The Morgan fingerprint density at radius 3 is 2.89 bits per heavy atom. The molecule has 7 heteroatoms. The molecular formula is C11H17N5O2. The zero-order valence-corrected chi connectivity index (χ0v) is 10.5. The van der Waals surface area contributed by atoms with Crippen molar-refractivity contribution in [2.45, 2.75) is 19.8 Å². The number of rotatable bonds is 6. The summed E-state index contributed by atoms with van der Waals surface area (Å²) < 4.78 is 0. The van der Waals surface area contributed by atoms with Gasteiger partial charge in [0.05, 0.1) is 4.92 Å². The molecule has 7 nitrogen and oxygen atoms in total. The van der Waals surface area contributed by atoms with Gasteiger partial charge in [-0.2, -0.15) is 4.98 Å². The SMILES string of the molecule is CNc1ncc([N+](=O)[O-])c(NCC(C)C2CC2)n1. The fourth-order valence-electron chi connectivity index (χ4n) is 1.85. The number of nitrogens with one attached hydrogen (secondary N) is 2. The van der Waals surface area contributed by atoms with E-state index in [4.69, 9.17) is 0 Å². The molecule has 2 N–H and O–H groups in total. The number of aromatic nitrogens is 2.